The number of fused-ring (bicyclic) bond motifs is 3. The molecule has 0 aliphatic carbocycles. The highest BCUT2D eigenvalue weighted by atomic mass is 32.2. The molecule has 2 heterocycles. The second-order valence-electron chi connectivity index (χ2n) is 5.59. The molecule has 0 atom stereocenters. The molecule has 1 N–H and O–H groups in total. The average Bonchev–Trinajstić information content (AvgIpc) is 3.15. The summed E-state index contributed by atoms with van der Waals surface area (Å²) >= 11 is 1.44. The van der Waals surface area contributed by atoms with E-state index in [0.717, 1.165) is 28.0 Å². The molecule has 0 bridgehead atoms. The number of benzene rings is 2. The minimum absolute atomic E-state index is 0.409. The minimum Gasteiger partial charge on any atom is -0.491 e. The number of nitrogens with one attached hydrogen (secondary N) is 1. The average molecular weight is 352 g/mol. The van der Waals surface area contributed by atoms with Gasteiger partial charge in [0.25, 0.3) is 0 Å². The third kappa shape index (κ3) is 2.89. The number of nitrogens with zero attached hydrogens (tertiary/aromatic N) is 1. The van der Waals surface area contributed by atoms with E-state index in [-0.39, 0.29) is 0 Å². The van der Waals surface area contributed by atoms with Crippen molar-refractivity contribution in [2.45, 2.75) is 11.3 Å². The van der Waals surface area contributed by atoms with E-state index in [1.165, 1.54) is 19.1 Å². The number of rotatable bonds is 4. The van der Waals surface area contributed by atoms with Gasteiger partial charge in [0.15, 0.2) is 0 Å². The second kappa shape index (κ2) is 6.64. The van der Waals surface area contributed by atoms with Crippen LogP contribution in [-0.2, 0) is 11.2 Å². The predicted molar refractivity (Wildman–Crippen MR) is 98.2 cm³/mol. The third-order valence-electron chi connectivity index (χ3n) is 4.13. The van der Waals surface area contributed by atoms with Crippen LogP contribution in [0.1, 0.15) is 15.9 Å². The first-order valence-corrected chi connectivity index (χ1v) is 8.73. The first-order chi connectivity index (χ1) is 12.3. The molecule has 0 saturated heterocycles. The van der Waals surface area contributed by atoms with Gasteiger partial charge in [0.1, 0.15) is 11.3 Å². The smallest absolute Gasteiger partial charge is 0.342 e. The largest absolute Gasteiger partial charge is 0.491 e. The lowest BCUT2D eigenvalue weighted by molar-refractivity contribution is 0.0604. The summed E-state index contributed by atoms with van der Waals surface area (Å²) in [7, 11) is 1.38. The fraction of sp³-hybridized carbons (Fsp3) is 0.158. The van der Waals surface area contributed by atoms with Crippen molar-refractivity contribution in [2.24, 2.45) is 0 Å². The summed E-state index contributed by atoms with van der Waals surface area (Å²) < 4.78 is 13.8. The van der Waals surface area contributed by atoms with Crippen molar-refractivity contribution in [2.75, 3.05) is 18.4 Å². The Hall–Kier alpha value is -2.73. The van der Waals surface area contributed by atoms with E-state index in [0.29, 0.717) is 23.4 Å². The summed E-state index contributed by atoms with van der Waals surface area (Å²) in [6.07, 6.45) is 2.51. The summed E-state index contributed by atoms with van der Waals surface area (Å²) in [5, 5.41) is 0.936. The molecule has 0 spiro atoms. The highest BCUT2D eigenvalue weighted by Crippen LogP contribution is 2.36. The van der Waals surface area contributed by atoms with Gasteiger partial charge in [0.05, 0.1) is 31.1 Å². The monoisotopic (exact) mass is 352 g/mol. The number of pyridine rings is 1. The number of esters is 1. The molecule has 25 heavy (non-hydrogen) atoms. The van der Waals surface area contributed by atoms with Gasteiger partial charge < -0.3 is 14.2 Å². The van der Waals surface area contributed by atoms with Crippen LogP contribution in [0.2, 0.25) is 0 Å². The Labute approximate surface area is 149 Å². The van der Waals surface area contributed by atoms with Gasteiger partial charge in [0.2, 0.25) is 0 Å². The Morgan fingerprint density at radius 1 is 1.24 bits per heavy atom. The molecule has 126 valence electrons. The van der Waals surface area contributed by atoms with Gasteiger partial charge in [-0.15, -0.1) is 0 Å². The lowest BCUT2D eigenvalue weighted by Gasteiger charge is -2.13. The summed E-state index contributed by atoms with van der Waals surface area (Å²) in [5.74, 6) is 0.385. The molecule has 2 aromatic carbocycles. The second-order valence-corrected chi connectivity index (χ2v) is 6.47. The van der Waals surface area contributed by atoms with Gasteiger partial charge in [-0.3, -0.25) is 4.98 Å². The van der Waals surface area contributed by atoms with E-state index < -0.39 is 5.97 Å². The number of methoxy groups -OCH3 is 1. The summed E-state index contributed by atoms with van der Waals surface area (Å²) in [5.41, 5.74) is 2.85. The van der Waals surface area contributed by atoms with Crippen molar-refractivity contribution in [3.8, 4) is 5.75 Å². The molecule has 0 saturated carbocycles. The molecule has 0 fully saturated rings. The summed E-state index contributed by atoms with van der Waals surface area (Å²) in [6, 6.07) is 13.8. The molecule has 6 heteroatoms. The zero-order valence-corrected chi connectivity index (χ0v) is 14.4. The van der Waals surface area contributed by atoms with Gasteiger partial charge in [-0.05, 0) is 30.1 Å². The first-order valence-electron chi connectivity index (χ1n) is 7.91. The lowest BCUT2D eigenvalue weighted by Crippen LogP contribution is -2.07. The molecule has 3 aromatic rings. The van der Waals surface area contributed by atoms with Crippen LogP contribution in [0.3, 0.4) is 0 Å². The van der Waals surface area contributed by atoms with Crippen LogP contribution < -0.4 is 9.46 Å². The number of carbonyl (C=O) groups excluding carboxylic acids is 1. The SMILES string of the molecule is COC(=O)c1c(NSc2ccccc2)ccc2c3c(cnc12)OCC3. The molecule has 1 aromatic heterocycles. The van der Waals surface area contributed by atoms with Crippen LogP contribution in [-0.4, -0.2) is 24.7 Å². The highest BCUT2D eigenvalue weighted by molar-refractivity contribution is 8.00. The maximum atomic E-state index is 12.4. The number of ether oxygens (including phenoxy) is 2. The van der Waals surface area contributed by atoms with Crippen LogP contribution in [0.15, 0.2) is 53.6 Å². The van der Waals surface area contributed by atoms with Gasteiger partial charge >= 0.3 is 5.97 Å². The lowest BCUT2D eigenvalue weighted by atomic mass is 10.0. The topological polar surface area (TPSA) is 60.5 Å². The number of hydrogen-bond acceptors (Lipinski definition) is 6. The van der Waals surface area contributed by atoms with E-state index in [2.05, 4.69) is 9.71 Å². The molecule has 4 rings (SSSR count). The minimum atomic E-state index is -0.409. The van der Waals surface area contributed by atoms with Gasteiger partial charge in [-0.1, -0.05) is 24.3 Å². The Bertz CT molecular complexity index is 944. The molecule has 5 nitrogen and oxygen atoms in total. The summed E-state index contributed by atoms with van der Waals surface area (Å²) in [4.78, 5) is 17.9. The number of hydrogen-bond donors (Lipinski definition) is 1. The molecule has 0 amide bonds. The van der Waals surface area contributed by atoms with E-state index >= 15 is 0 Å². The molecule has 0 radical (unpaired) electrons. The van der Waals surface area contributed by atoms with Gasteiger partial charge in [0, 0.05) is 22.3 Å². The van der Waals surface area contributed by atoms with Gasteiger partial charge in [-0.2, -0.15) is 0 Å². The maximum absolute atomic E-state index is 12.4. The van der Waals surface area contributed by atoms with Gasteiger partial charge in [-0.25, -0.2) is 4.79 Å². The van der Waals surface area contributed by atoms with E-state index in [9.17, 15) is 4.79 Å². The van der Waals surface area contributed by atoms with Crippen molar-refractivity contribution in [1.29, 1.82) is 0 Å². The van der Waals surface area contributed by atoms with Crippen LogP contribution >= 0.6 is 11.9 Å². The summed E-state index contributed by atoms with van der Waals surface area (Å²) in [6.45, 7) is 0.646. The van der Waals surface area contributed by atoms with Crippen molar-refractivity contribution in [3.05, 3.63) is 59.8 Å². The Balaban J connectivity index is 1.78. The fourth-order valence-corrected chi connectivity index (χ4v) is 3.64. The number of carbonyl (C=O) groups is 1. The van der Waals surface area contributed by atoms with Crippen molar-refractivity contribution < 1.29 is 14.3 Å². The highest BCUT2D eigenvalue weighted by Gasteiger charge is 2.22. The Kier molecular flexibility index (Phi) is 4.19. The maximum Gasteiger partial charge on any atom is 0.342 e. The standard InChI is InChI=1S/C19H16N2O3S/c1-23-19(22)17-15(21-25-12-5-3-2-4-6-12)8-7-14-13-9-10-24-16(13)11-20-18(14)17/h2-8,11,21H,9-10H2,1H3. The molecule has 1 aliphatic heterocycles. The molecular weight excluding hydrogens is 336 g/mol. The van der Waals surface area contributed by atoms with Crippen LogP contribution in [0.4, 0.5) is 5.69 Å². The predicted octanol–water partition coefficient (Wildman–Crippen LogP) is 4.08. The molecule has 0 unspecified atom stereocenters. The van der Waals surface area contributed by atoms with E-state index in [4.69, 9.17) is 9.47 Å². The number of aromatic nitrogens is 1. The molecule has 1 aliphatic rings. The van der Waals surface area contributed by atoms with Crippen LogP contribution in [0.5, 0.6) is 5.75 Å². The first kappa shape index (κ1) is 15.8. The third-order valence-corrected chi connectivity index (χ3v) is 4.96. The zero-order valence-electron chi connectivity index (χ0n) is 13.6. The fourth-order valence-electron chi connectivity index (χ4n) is 2.94. The Morgan fingerprint density at radius 2 is 2.08 bits per heavy atom. The van der Waals surface area contributed by atoms with Crippen molar-refractivity contribution in [1.82, 2.24) is 4.98 Å². The van der Waals surface area contributed by atoms with Crippen molar-refractivity contribution >= 4 is 34.5 Å². The van der Waals surface area contributed by atoms with Crippen LogP contribution in [0, 0.1) is 0 Å². The van der Waals surface area contributed by atoms with E-state index in [1.807, 2.05) is 42.5 Å². The Morgan fingerprint density at radius 3 is 2.88 bits per heavy atom. The van der Waals surface area contributed by atoms with Crippen LogP contribution in [0.25, 0.3) is 10.9 Å². The zero-order chi connectivity index (χ0) is 17.2. The van der Waals surface area contributed by atoms with Crippen molar-refractivity contribution in [3.63, 3.8) is 0 Å². The van der Waals surface area contributed by atoms with E-state index in [1.54, 1.807) is 6.20 Å². The normalized spacial score (nSPS) is 12.5. The molecular formula is C19H16N2O3S. The quantitative estimate of drug-likeness (QED) is 0.564. The number of anilines is 1.